The second-order valence-electron chi connectivity index (χ2n) is 6.60. The Balaban J connectivity index is 1.64. The van der Waals surface area contributed by atoms with Crippen LogP contribution in [0.25, 0.3) is 5.69 Å². The van der Waals surface area contributed by atoms with E-state index in [9.17, 15) is 9.59 Å². The molecule has 0 bridgehead atoms. The number of benzene rings is 2. The highest BCUT2D eigenvalue weighted by Crippen LogP contribution is 2.30. The maximum atomic E-state index is 12.6. The summed E-state index contributed by atoms with van der Waals surface area (Å²) in [5.41, 5.74) is 5.89. The Kier molecular flexibility index (Phi) is 6.33. The first-order chi connectivity index (χ1) is 13.9. The Hall–Kier alpha value is -3.13. The van der Waals surface area contributed by atoms with Crippen LogP contribution >= 0.6 is 15.9 Å². The highest BCUT2D eigenvalue weighted by molar-refractivity contribution is 9.10. The molecule has 0 aliphatic heterocycles. The number of aromatic amines is 1. The molecular weight excluding hydrogens is 436 g/mol. The van der Waals surface area contributed by atoms with E-state index >= 15 is 0 Å². The lowest BCUT2D eigenvalue weighted by atomic mass is 10.1. The maximum absolute atomic E-state index is 12.6. The van der Waals surface area contributed by atoms with Crippen molar-refractivity contribution in [3.8, 4) is 11.4 Å². The van der Waals surface area contributed by atoms with Crippen LogP contribution in [0.3, 0.4) is 0 Å². The molecular formula is C21H21BrN4O3. The van der Waals surface area contributed by atoms with Crippen LogP contribution in [0, 0.1) is 20.8 Å². The van der Waals surface area contributed by atoms with Gasteiger partial charge in [0.2, 0.25) is 0 Å². The van der Waals surface area contributed by atoms with E-state index in [1.54, 1.807) is 6.92 Å². The van der Waals surface area contributed by atoms with Gasteiger partial charge in [-0.1, -0.05) is 24.3 Å². The van der Waals surface area contributed by atoms with Crippen LogP contribution in [0.15, 0.2) is 56.8 Å². The fraction of sp³-hybridized carbons (Fsp3) is 0.190. The standard InChI is InChI=1S/C21H21BrN4O3/c1-13-9-14(2)20(18(22)10-13)29-12-19(27)24-23-11-17-15(3)25-26(21(17)28)16-7-5-4-6-8-16/h4-11,25H,12H2,1-3H3,(H,24,27). The van der Waals surface area contributed by atoms with E-state index in [-0.39, 0.29) is 12.2 Å². The predicted molar refractivity (Wildman–Crippen MR) is 116 cm³/mol. The molecule has 1 aromatic heterocycles. The lowest BCUT2D eigenvalue weighted by molar-refractivity contribution is -0.123. The number of carbonyl (C=O) groups is 1. The number of H-pyrrole nitrogens is 1. The van der Waals surface area contributed by atoms with Gasteiger partial charge in [-0.25, -0.2) is 10.1 Å². The Morgan fingerprint density at radius 1 is 1.24 bits per heavy atom. The van der Waals surface area contributed by atoms with E-state index in [2.05, 4.69) is 31.6 Å². The summed E-state index contributed by atoms with van der Waals surface area (Å²) >= 11 is 3.44. The monoisotopic (exact) mass is 456 g/mol. The van der Waals surface area contributed by atoms with Crippen LogP contribution < -0.4 is 15.7 Å². The van der Waals surface area contributed by atoms with Crippen LogP contribution in [0.4, 0.5) is 0 Å². The van der Waals surface area contributed by atoms with Gasteiger partial charge in [0.25, 0.3) is 11.5 Å². The SMILES string of the molecule is Cc1cc(C)c(OCC(=O)NN=Cc2c(C)[nH]n(-c3ccccc3)c2=O)c(Br)c1. The van der Waals surface area contributed by atoms with Gasteiger partial charge in [-0.15, -0.1) is 0 Å². The van der Waals surface area contributed by atoms with Gasteiger partial charge in [-0.2, -0.15) is 5.10 Å². The number of hydrazone groups is 1. The van der Waals surface area contributed by atoms with Gasteiger partial charge in [-0.3, -0.25) is 14.7 Å². The van der Waals surface area contributed by atoms with Gasteiger partial charge in [0.05, 0.1) is 21.9 Å². The summed E-state index contributed by atoms with van der Waals surface area (Å²) in [5.74, 6) is 0.187. The van der Waals surface area contributed by atoms with E-state index in [1.807, 2.05) is 56.3 Å². The molecule has 0 fully saturated rings. The highest BCUT2D eigenvalue weighted by Gasteiger charge is 2.11. The summed E-state index contributed by atoms with van der Waals surface area (Å²) in [4.78, 5) is 24.6. The second-order valence-corrected chi connectivity index (χ2v) is 7.46. The number of hydrogen-bond donors (Lipinski definition) is 2. The number of aryl methyl sites for hydroxylation is 3. The smallest absolute Gasteiger partial charge is 0.280 e. The van der Waals surface area contributed by atoms with Gasteiger partial charge in [-0.05, 0) is 66.0 Å². The fourth-order valence-electron chi connectivity index (χ4n) is 2.89. The van der Waals surface area contributed by atoms with E-state index in [1.165, 1.54) is 10.9 Å². The van der Waals surface area contributed by atoms with Gasteiger partial charge in [0.1, 0.15) is 5.75 Å². The van der Waals surface area contributed by atoms with E-state index in [4.69, 9.17) is 4.74 Å². The number of ether oxygens (including phenoxy) is 1. The first-order valence-corrected chi connectivity index (χ1v) is 9.74. The lowest BCUT2D eigenvalue weighted by Crippen LogP contribution is -2.25. The number of para-hydroxylation sites is 1. The van der Waals surface area contributed by atoms with Gasteiger partial charge in [0, 0.05) is 5.69 Å². The third kappa shape index (κ3) is 4.83. The number of nitrogens with one attached hydrogen (secondary N) is 2. The number of aromatic nitrogens is 2. The number of halogens is 1. The van der Waals surface area contributed by atoms with E-state index in [0.29, 0.717) is 17.0 Å². The van der Waals surface area contributed by atoms with Crippen LogP contribution in [0.5, 0.6) is 5.75 Å². The number of carbonyl (C=O) groups excluding carboxylic acids is 1. The Bertz CT molecular complexity index is 1090. The first-order valence-electron chi connectivity index (χ1n) is 8.95. The molecule has 7 nitrogen and oxygen atoms in total. The minimum Gasteiger partial charge on any atom is -0.482 e. The second kappa shape index (κ2) is 8.91. The molecule has 2 N–H and O–H groups in total. The molecule has 8 heteroatoms. The van der Waals surface area contributed by atoms with Gasteiger partial charge >= 0.3 is 0 Å². The van der Waals surface area contributed by atoms with Crippen molar-refractivity contribution in [2.45, 2.75) is 20.8 Å². The fourth-order valence-corrected chi connectivity index (χ4v) is 3.68. The largest absolute Gasteiger partial charge is 0.482 e. The third-order valence-corrected chi connectivity index (χ3v) is 4.82. The molecule has 0 atom stereocenters. The van der Waals surface area contributed by atoms with Gasteiger partial charge in [0.15, 0.2) is 6.61 Å². The summed E-state index contributed by atoms with van der Waals surface area (Å²) in [7, 11) is 0. The highest BCUT2D eigenvalue weighted by atomic mass is 79.9. The van der Waals surface area contributed by atoms with Crippen molar-refractivity contribution in [3.05, 3.63) is 79.7 Å². The number of rotatable bonds is 6. The van der Waals surface area contributed by atoms with Crippen LogP contribution in [-0.4, -0.2) is 28.5 Å². The van der Waals surface area contributed by atoms with Crippen molar-refractivity contribution < 1.29 is 9.53 Å². The normalized spacial score (nSPS) is 11.0. The van der Waals surface area contributed by atoms with Crippen LogP contribution in [-0.2, 0) is 4.79 Å². The first kappa shape index (κ1) is 20.6. The Morgan fingerprint density at radius 2 is 1.97 bits per heavy atom. The molecule has 2 aromatic carbocycles. The molecule has 0 aliphatic rings. The maximum Gasteiger partial charge on any atom is 0.280 e. The average Bonchev–Trinajstić information content (AvgIpc) is 2.96. The zero-order chi connectivity index (χ0) is 21.0. The Morgan fingerprint density at radius 3 is 2.66 bits per heavy atom. The molecule has 0 unspecified atom stereocenters. The molecule has 3 aromatic rings. The summed E-state index contributed by atoms with van der Waals surface area (Å²) in [5, 5.41) is 6.89. The lowest BCUT2D eigenvalue weighted by Gasteiger charge is -2.11. The van der Waals surface area contributed by atoms with Crippen molar-refractivity contribution in [3.63, 3.8) is 0 Å². The molecule has 1 heterocycles. The summed E-state index contributed by atoms with van der Waals surface area (Å²) in [6.45, 7) is 5.47. The minimum absolute atomic E-state index is 0.194. The molecule has 0 aliphatic carbocycles. The van der Waals surface area contributed by atoms with Crippen molar-refractivity contribution in [2.75, 3.05) is 6.61 Å². The summed E-state index contributed by atoms with van der Waals surface area (Å²) in [6.07, 6.45) is 1.33. The number of hydrogen-bond acceptors (Lipinski definition) is 4. The molecule has 0 saturated heterocycles. The van der Waals surface area contributed by atoms with Crippen molar-refractivity contribution in [1.82, 2.24) is 15.2 Å². The molecule has 0 saturated carbocycles. The Labute approximate surface area is 176 Å². The van der Waals surface area contributed by atoms with E-state index < -0.39 is 5.91 Å². The minimum atomic E-state index is -0.426. The molecule has 1 amide bonds. The topological polar surface area (TPSA) is 88.5 Å². The summed E-state index contributed by atoms with van der Waals surface area (Å²) in [6, 6.07) is 13.1. The van der Waals surface area contributed by atoms with Gasteiger partial charge < -0.3 is 4.74 Å². The molecule has 29 heavy (non-hydrogen) atoms. The van der Waals surface area contributed by atoms with Crippen LogP contribution in [0.1, 0.15) is 22.4 Å². The van der Waals surface area contributed by atoms with Crippen molar-refractivity contribution in [1.29, 1.82) is 0 Å². The quantitative estimate of drug-likeness (QED) is 0.440. The van der Waals surface area contributed by atoms with Crippen molar-refractivity contribution in [2.24, 2.45) is 5.10 Å². The number of nitrogens with zero attached hydrogens (tertiary/aromatic N) is 2. The molecule has 0 radical (unpaired) electrons. The predicted octanol–water partition coefficient (Wildman–Crippen LogP) is 3.38. The van der Waals surface area contributed by atoms with Crippen LogP contribution in [0.2, 0.25) is 0 Å². The molecule has 3 rings (SSSR count). The average molecular weight is 457 g/mol. The summed E-state index contributed by atoms with van der Waals surface area (Å²) < 4.78 is 7.81. The zero-order valence-corrected chi connectivity index (χ0v) is 17.9. The molecule has 0 spiro atoms. The third-order valence-electron chi connectivity index (χ3n) is 4.24. The van der Waals surface area contributed by atoms with Crippen molar-refractivity contribution >= 4 is 28.1 Å². The zero-order valence-electron chi connectivity index (χ0n) is 16.3. The van der Waals surface area contributed by atoms with E-state index in [0.717, 1.165) is 21.3 Å². The number of amides is 1. The molecule has 150 valence electrons.